The Morgan fingerprint density at radius 2 is 2.11 bits per heavy atom. The fourth-order valence-electron chi connectivity index (χ4n) is 4.70. The van der Waals surface area contributed by atoms with Gasteiger partial charge in [0.15, 0.2) is 5.82 Å². The number of nitrogens with one attached hydrogen (secondary N) is 1. The van der Waals surface area contributed by atoms with E-state index in [1.807, 2.05) is 6.92 Å². The Morgan fingerprint density at radius 1 is 1.37 bits per heavy atom. The molecule has 148 valence electrons. The van der Waals surface area contributed by atoms with E-state index in [0.717, 1.165) is 63.1 Å². The van der Waals surface area contributed by atoms with Crippen molar-refractivity contribution in [3.63, 3.8) is 0 Å². The number of ether oxygens (including phenoxy) is 1. The minimum Gasteiger partial charge on any atom is -0.465 e. The number of amides is 1. The molecule has 0 radical (unpaired) electrons. The zero-order valence-electron chi connectivity index (χ0n) is 15.7. The number of aliphatic hydroxyl groups is 1. The first-order chi connectivity index (χ1) is 13.0. The molecule has 27 heavy (non-hydrogen) atoms. The maximum atomic E-state index is 11.3. The van der Waals surface area contributed by atoms with Crippen LogP contribution in [0.5, 0.6) is 0 Å². The van der Waals surface area contributed by atoms with E-state index in [9.17, 15) is 15.0 Å². The van der Waals surface area contributed by atoms with Gasteiger partial charge in [-0.05, 0) is 50.9 Å². The van der Waals surface area contributed by atoms with Gasteiger partial charge in [0.05, 0.1) is 24.5 Å². The highest BCUT2D eigenvalue weighted by atomic mass is 16.5. The predicted octanol–water partition coefficient (Wildman–Crippen LogP) is 1.84. The summed E-state index contributed by atoms with van der Waals surface area (Å²) in [6.07, 6.45) is 6.92. The predicted molar refractivity (Wildman–Crippen MR) is 98.6 cm³/mol. The number of carbonyl (C=O) groups is 1. The summed E-state index contributed by atoms with van der Waals surface area (Å²) in [4.78, 5) is 22.4. The molecule has 1 aromatic heterocycles. The molecular formula is C19H28N4O4. The molecule has 1 saturated heterocycles. The van der Waals surface area contributed by atoms with Crippen LogP contribution in [0, 0.1) is 12.3 Å². The standard InChI is InChI=1S/C19H28N4O4/c1-12-10-20-15(11-24)17(21-12)23-6-4-19(5-7-23)9-14(27-13-2-3-13)8-16(19)22-18(25)26/h10,13-14,16,22,24H,2-9,11H2,1H3,(H,25,26)/t14-,16+/m0/s1. The molecule has 3 fully saturated rings. The van der Waals surface area contributed by atoms with Gasteiger partial charge in [0.2, 0.25) is 0 Å². The van der Waals surface area contributed by atoms with Crippen molar-refractivity contribution in [1.29, 1.82) is 0 Å². The zero-order valence-corrected chi connectivity index (χ0v) is 15.7. The first kappa shape index (κ1) is 18.4. The van der Waals surface area contributed by atoms with Crippen LogP contribution >= 0.6 is 0 Å². The van der Waals surface area contributed by atoms with Crippen molar-refractivity contribution in [1.82, 2.24) is 15.3 Å². The van der Waals surface area contributed by atoms with Crippen LogP contribution in [-0.4, -0.2) is 57.6 Å². The monoisotopic (exact) mass is 376 g/mol. The highest BCUT2D eigenvalue weighted by molar-refractivity contribution is 5.65. The van der Waals surface area contributed by atoms with E-state index in [-0.39, 0.29) is 24.2 Å². The van der Waals surface area contributed by atoms with Gasteiger partial charge in [0.25, 0.3) is 0 Å². The van der Waals surface area contributed by atoms with Gasteiger partial charge in [-0.15, -0.1) is 0 Å². The molecule has 3 N–H and O–H groups in total. The number of aliphatic hydroxyl groups excluding tert-OH is 1. The fourth-order valence-corrected chi connectivity index (χ4v) is 4.70. The van der Waals surface area contributed by atoms with Crippen LogP contribution in [0.3, 0.4) is 0 Å². The number of hydrogen-bond acceptors (Lipinski definition) is 6. The molecule has 4 rings (SSSR count). The van der Waals surface area contributed by atoms with E-state index in [1.165, 1.54) is 0 Å². The normalized spacial score (nSPS) is 27.1. The SMILES string of the molecule is Cc1cnc(CO)c(N2CCC3(CC2)C[C@@H](OC2CC2)C[C@H]3NC(=O)O)n1. The van der Waals surface area contributed by atoms with Crippen LogP contribution in [-0.2, 0) is 11.3 Å². The van der Waals surface area contributed by atoms with Gasteiger partial charge in [-0.1, -0.05) is 0 Å². The number of aromatic nitrogens is 2. The molecule has 3 aliphatic rings. The second-order valence-corrected chi connectivity index (χ2v) is 8.19. The van der Waals surface area contributed by atoms with Crippen molar-refractivity contribution in [2.75, 3.05) is 18.0 Å². The zero-order chi connectivity index (χ0) is 19.0. The number of hydrogen-bond donors (Lipinski definition) is 3. The second kappa shape index (κ2) is 7.24. The van der Waals surface area contributed by atoms with Gasteiger partial charge in [-0.25, -0.2) is 9.78 Å². The van der Waals surface area contributed by atoms with Crippen LogP contribution in [0.25, 0.3) is 0 Å². The molecule has 1 aromatic rings. The molecule has 0 aromatic carbocycles. The molecule has 0 bridgehead atoms. The fraction of sp³-hybridized carbons (Fsp3) is 0.737. The average molecular weight is 376 g/mol. The smallest absolute Gasteiger partial charge is 0.404 e. The second-order valence-electron chi connectivity index (χ2n) is 8.19. The summed E-state index contributed by atoms with van der Waals surface area (Å²) in [6, 6.07) is -0.0678. The van der Waals surface area contributed by atoms with Crippen molar-refractivity contribution in [3.05, 3.63) is 17.6 Å². The first-order valence-corrected chi connectivity index (χ1v) is 9.82. The third kappa shape index (κ3) is 3.87. The third-order valence-electron chi connectivity index (χ3n) is 6.24. The van der Waals surface area contributed by atoms with E-state index < -0.39 is 6.09 Å². The van der Waals surface area contributed by atoms with Crippen molar-refractivity contribution in [2.45, 2.75) is 70.3 Å². The third-order valence-corrected chi connectivity index (χ3v) is 6.24. The molecule has 2 atom stereocenters. The molecule has 8 heteroatoms. The minimum atomic E-state index is -0.957. The van der Waals surface area contributed by atoms with Gasteiger partial charge < -0.3 is 25.2 Å². The van der Waals surface area contributed by atoms with Crippen LogP contribution in [0.4, 0.5) is 10.6 Å². The number of carboxylic acid groups (broad SMARTS) is 1. The Morgan fingerprint density at radius 3 is 2.74 bits per heavy atom. The van der Waals surface area contributed by atoms with Crippen LogP contribution in [0.1, 0.15) is 49.9 Å². The van der Waals surface area contributed by atoms with Crippen molar-refractivity contribution in [2.24, 2.45) is 5.41 Å². The van der Waals surface area contributed by atoms with E-state index >= 15 is 0 Å². The lowest BCUT2D eigenvalue weighted by Gasteiger charge is -2.43. The Balaban J connectivity index is 1.48. The summed E-state index contributed by atoms with van der Waals surface area (Å²) in [5, 5.41) is 21.6. The lowest BCUT2D eigenvalue weighted by Crippen LogP contribution is -2.50. The van der Waals surface area contributed by atoms with E-state index in [4.69, 9.17) is 4.74 Å². The van der Waals surface area contributed by atoms with Gasteiger partial charge in [0.1, 0.15) is 5.69 Å². The number of anilines is 1. The first-order valence-electron chi connectivity index (χ1n) is 9.82. The van der Waals surface area contributed by atoms with Gasteiger partial charge >= 0.3 is 6.09 Å². The molecule has 1 aliphatic heterocycles. The Hall–Kier alpha value is -1.93. The topological polar surface area (TPSA) is 108 Å². The number of rotatable bonds is 5. The molecule has 1 amide bonds. The number of aryl methyl sites for hydroxylation is 1. The van der Waals surface area contributed by atoms with Crippen LogP contribution in [0.15, 0.2) is 6.20 Å². The largest absolute Gasteiger partial charge is 0.465 e. The highest BCUT2D eigenvalue weighted by Gasteiger charge is 2.50. The Kier molecular flexibility index (Phi) is 4.94. The molecular weight excluding hydrogens is 348 g/mol. The molecule has 1 spiro atoms. The summed E-state index contributed by atoms with van der Waals surface area (Å²) < 4.78 is 6.12. The summed E-state index contributed by atoms with van der Waals surface area (Å²) in [5.41, 5.74) is 1.36. The highest BCUT2D eigenvalue weighted by Crippen LogP contribution is 2.49. The Labute approximate surface area is 159 Å². The maximum absolute atomic E-state index is 11.3. The van der Waals surface area contributed by atoms with Crippen molar-refractivity contribution < 1.29 is 19.7 Å². The maximum Gasteiger partial charge on any atom is 0.404 e. The van der Waals surface area contributed by atoms with Crippen molar-refractivity contribution >= 4 is 11.9 Å². The van der Waals surface area contributed by atoms with Crippen LogP contribution < -0.4 is 10.2 Å². The molecule has 2 saturated carbocycles. The quantitative estimate of drug-likeness (QED) is 0.720. The summed E-state index contributed by atoms with van der Waals surface area (Å²) >= 11 is 0. The number of piperidine rings is 1. The summed E-state index contributed by atoms with van der Waals surface area (Å²) in [5.74, 6) is 0.749. The molecule has 0 unspecified atom stereocenters. The minimum absolute atomic E-state index is 0.0644. The lowest BCUT2D eigenvalue weighted by atomic mass is 9.74. The molecule has 8 nitrogen and oxygen atoms in total. The van der Waals surface area contributed by atoms with Crippen LogP contribution in [0.2, 0.25) is 0 Å². The molecule has 2 heterocycles. The summed E-state index contributed by atoms with van der Waals surface area (Å²) in [6.45, 7) is 3.32. The van der Waals surface area contributed by atoms with Gasteiger partial charge in [-0.2, -0.15) is 0 Å². The van der Waals surface area contributed by atoms with E-state index in [2.05, 4.69) is 20.2 Å². The summed E-state index contributed by atoms with van der Waals surface area (Å²) in [7, 11) is 0. The average Bonchev–Trinajstić information content (AvgIpc) is 3.39. The lowest BCUT2D eigenvalue weighted by molar-refractivity contribution is 0.0334. The molecule has 2 aliphatic carbocycles. The van der Waals surface area contributed by atoms with Crippen molar-refractivity contribution in [3.8, 4) is 0 Å². The number of nitrogens with zero attached hydrogens (tertiary/aromatic N) is 3. The van der Waals surface area contributed by atoms with Gasteiger partial charge in [0, 0.05) is 25.3 Å². The van der Waals surface area contributed by atoms with E-state index in [1.54, 1.807) is 6.20 Å². The van der Waals surface area contributed by atoms with Gasteiger partial charge in [-0.3, -0.25) is 4.98 Å². The Bertz CT molecular complexity index is 701. The van der Waals surface area contributed by atoms with E-state index in [0.29, 0.717) is 11.8 Å².